The highest BCUT2D eigenvalue weighted by atomic mass is 15.1. The fourth-order valence-electron chi connectivity index (χ4n) is 2.23. The van der Waals surface area contributed by atoms with E-state index in [0.717, 1.165) is 32.6 Å². The molecule has 0 saturated carbocycles. The number of rotatable bonds is 9. The third kappa shape index (κ3) is 6.71. The van der Waals surface area contributed by atoms with Crippen LogP contribution in [0.2, 0.25) is 0 Å². The van der Waals surface area contributed by atoms with Crippen LogP contribution in [-0.4, -0.2) is 50.1 Å². The van der Waals surface area contributed by atoms with Crippen molar-refractivity contribution in [3.8, 4) is 0 Å². The normalized spacial score (nSPS) is 13.2. The summed E-state index contributed by atoms with van der Waals surface area (Å²) in [4.78, 5) is 4.73. The maximum atomic E-state index is 6.24. The molecule has 1 aromatic carbocycles. The van der Waals surface area contributed by atoms with Crippen LogP contribution in [-0.2, 0) is 0 Å². The van der Waals surface area contributed by atoms with Gasteiger partial charge in [-0.15, -0.1) is 0 Å². The third-order valence-electron chi connectivity index (χ3n) is 3.51. The summed E-state index contributed by atoms with van der Waals surface area (Å²) in [7, 11) is 4.25. The molecule has 0 aromatic heterocycles. The molecule has 0 heterocycles. The Morgan fingerprint density at radius 2 is 1.74 bits per heavy atom. The fourth-order valence-corrected chi connectivity index (χ4v) is 2.23. The van der Waals surface area contributed by atoms with E-state index >= 15 is 0 Å². The van der Waals surface area contributed by atoms with Gasteiger partial charge in [-0.05, 0) is 58.7 Å². The maximum Gasteiger partial charge on any atom is 0.0307 e. The Balaban J connectivity index is 2.28. The van der Waals surface area contributed by atoms with Crippen molar-refractivity contribution in [2.75, 3.05) is 40.3 Å². The molecular formula is C16H29N3. The number of nitrogens with two attached hydrogens (primary N) is 1. The van der Waals surface area contributed by atoms with E-state index in [9.17, 15) is 0 Å². The highest BCUT2D eigenvalue weighted by molar-refractivity contribution is 5.18. The molecule has 0 aliphatic carbocycles. The van der Waals surface area contributed by atoms with E-state index < -0.39 is 0 Å². The second-order valence-electron chi connectivity index (χ2n) is 5.40. The van der Waals surface area contributed by atoms with Crippen LogP contribution in [0.4, 0.5) is 0 Å². The second-order valence-corrected chi connectivity index (χ2v) is 5.40. The third-order valence-corrected chi connectivity index (χ3v) is 3.51. The Morgan fingerprint density at radius 1 is 1.05 bits per heavy atom. The van der Waals surface area contributed by atoms with Gasteiger partial charge in [0.1, 0.15) is 0 Å². The number of hydrogen-bond acceptors (Lipinski definition) is 3. The van der Waals surface area contributed by atoms with Crippen LogP contribution in [0.15, 0.2) is 30.3 Å². The molecule has 19 heavy (non-hydrogen) atoms. The number of nitrogens with zero attached hydrogens (tertiary/aromatic N) is 2. The first-order valence-electron chi connectivity index (χ1n) is 7.31. The molecule has 0 bridgehead atoms. The van der Waals surface area contributed by atoms with Crippen molar-refractivity contribution in [2.24, 2.45) is 5.73 Å². The zero-order chi connectivity index (χ0) is 14.1. The lowest BCUT2D eigenvalue weighted by Crippen LogP contribution is -2.30. The Kier molecular flexibility index (Phi) is 7.72. The van der Waals surface area contributed by atoms with Gasteiger partial charge in [0.15, 0.2) is 0 Å². The van der Waals surface area contributed by atoms with Crippen LogP contribution in [0.25, 0.3) is 0 Å². The van der Waals surface area contributed by atoms with Crippen LogP contribution in [0.3, 0.4) is 0 Å². The van der Waals surface area contributed by atoms with Crippen molar-refractivity contribution in [1.82, 2.24) is 9.80 Å². The van der Waals surface area contributed by atoms with Crippen LogP contribution < -0.4 is 5.73 Å². The molecule has 1 atom stereocenters. The molecule has 1 rings (SSSR count). The first-order valence-corrected chi connectivity index (χ1v) is 7.31. The van der Waals surface area contributed by atoms with Gasteiger partial charge in [-0.2, -0.15) is 0 Å². The van der Waals surface area contributed by atoms with E-state index in [-0.39, 0.29) is 6.04 Å². The van der Waals surface area contributed by atoms with Crippen molar-refractivity contribution in [1.29, 1.82) is 0 Å². The van der Waals surface area contributed by atoms with Crippen LogP contribution in [0, 0.1) is 0 Å². The van der Waals surface area contributed by atoms with Crippen molar-refractivity contribution in [3.05, 3.63) is 35.9 Å². The summed E-state index contributed by atoms with van der Waals surface area (Å²) >= 11 is 0. The first kappa shape index (κ1) is 16.2. The Hall–Kier alpha value is -0.900. The molecule has 0 aliphatic rings. The molecule has 2 N–H and O–H groups in total. The van der Waals surface area contributed by atoms with Crippen LogP contribution in [0.1, 0.15) is 31.4 Å². The fraction of sp³-hybridized carbons (Fsp3) is 0.625. The molecule has 108 valence electrons. The summed E-state index contributed by atoms with van der Waals surface area (Å²) < 4.78 is 0. The number of hydrogen-bond donors (Lipinski definition) is 1. The zero-order valence-corrected chi connectivity index (χ0v) is 12.7. The van der Waals surface area contributed by atoms with Gasteiger partial charge < -0.3 is 15.5 Å². The van der Waals surface area contributed by atoms with E-state index in [1.165, 1.54) is 12.0 Å². The summed E-state index contributed by atoms with van der Waals surface area (Å²) in [5, 5.41) is 0. The quantitative estimate of drug-likeness (QED) is 0.742. The average Bonchev–Trinajstić information content (AvgIpc) is 2.42. The van der Waals surface area contributed by atoms with Crippen molar-refractivity contribution in [3.63, 3.8) is 0 Å². The molecule has 0 fully saturated rings. The highest BCUT2D eigenvalue weighted by Gasteiger charge is 2.08. The molecule has 0 radical (unpaired) electrons. The summed E-state index contributed by atoms with van der Waals surface area (Å²) in [6.45, 7) is 6.73. The lowest BCUT2D eigenvalue weighted by atomic mass is 10.0. The highest BCUT2D eigenvalue weighted by Crippen LogP contribution is 2.13. The molecule has 1 unspecified atom stereocenters. The molecule has 0 aliphatic heterocycles. The van der Waals surface area contributed by atoms with E-state index in [4.69, 9.17) is 5.73 Å². The van der Waals surface area contributed by atoms with Crippen LogP contribution in [0.5, 0.6) is 0 Å². The van der Waals surface area contributed by atoms with Gasteiger partial charge in [0, 0.05) is 6.04 Å². The molecule has 0 saturated heterocycles. The molecule has 3 heteroatoms. The molecule has 0 amide bonds. The minimum Gasteiger partial charge on any atom is -0.324 e. The van der Waals surface area contributed by atoms with Crippen LogP contribution >= 0.6 is 0 Å². The first-order chi connectivity index (χ1) is 9.13. The lowest BCUT2D eigenvalue weighted by Gasteiger charge is -2.23. The summed E-state index contributed by atoms with van der Waals surface area (Å²) in [5.41, 5.74) is 7.48. The van der Waals surface area contributed by atoms with Gasteiger partial charge in [0.2, 0.25) is 0 Å². The maximum absolute atomic E-state index is 6.24. The average molecular weight is 263 g/mol. The Labute approximate surface area is 118 Å². The van der Waals surface area contributed by atoms with Crippen molar-refractivity contribution in [2.45, 2.75) is 25.8 Å². The number of benzene rings is 1. The lowest BCUT2D eigenvalue weighted by molar-refractivity contribution is 0.257. The van der Waals surface area contributed by atoms with E-state index in [0.29, 0.717) is 0 Å². The Bertz CT molecular complexity index is 324. The minimum atomic E-state index is 0.157. The largest absolute Gasteiger partial charge is 0.324 e. The van der Waals surface area contributed by atoms with Gasteiger partial charge in [0.25, 0.3) is 0 Å². The Morgan fingerprint density at radius 3 is 2.32 bits per heavy atom. The van der Waals surface area contributed by atoms with Gasteiger partial charge in [-0.25, -0.2) is 0 Å². The molecule has 3 nitrogen and oxygen atoms in total. The van der Waals surface area contributed by atoms with E-state index in [1.807, 2.05) is 6.07 Å². The monoisotopic (exact) mass is 263 g/mol. The van der Waals surface area contributed by atoms with Crippen molar-refractivity contribution >= 4 is 0 Å². The predicted octanol–water partition coefficient (Wildman–Crippen LogP) is 2.35. The molecule has 1 aromatic rings. The minimum absolute atomic E-state index is 0.157. The summed E-state index contributed by atoms with van der Waals surface area (Å²) in [6.07, 6.45) is 2.25. The SMILES string of the molecule is CCN(CCCN(C)C)CCC(N)c1ccccc1. The summed E-state index contributed by atoms with van der Waals surface area (Å²) in [6, 6.07) is 10.5. The molecular weight excluding hydrogens is 234 g/mol. The van der Waals surface area contributed by atoms with E-state index in [2.05, 4.69) is 55.1 Å². The van der Waals surface area contributed by atoms with Gasteiger partial charge in [-0.3, -0.25) is 0 Å². The summed E-state index contributed by atoms with van der Waals surface area (Å²) in [5.74, 6) is 0. The molecule has 0 spiro atoms. The van der Waals surface area contributed by atoms with Gasteiger partial charge >= 0.3 is 0 Å². The zero-order valence-electron chi connectivity index (χ0n) is 12.7. The second kappa shape index (κ2) is 9.08. The van der Waals surface area contributed by atoms with Crippen molar-refractivity contribution < 1.29 is 0 Å². The topological polar surface area (TPSA) is 32.5 Å². The van der Waals surface area contributed by atoms with Gasteiger partial charge in [0.05, 0.1) is 0 Å². The standard InChI is InChI=1S/C16H29N3/c1-4-19(13-8-12-18(2)3)14-11-16(17)15-9-6-5-7-10-15/h5-7,9-10,16H,4,8,11-14,17H2,1-3H3. The smallest absolute Gasteiger partial charge is 0.0307 e. The predicted molar refractivity (Wildman–Crippen MR) is 83.3 cm³/mol. The van der Waals surface area contributed by atoms with Gasteiger partial charge in [-0.1, -0.05) is 37.3 Å². The van der Waals surface area contributed by atoms with E-state index in [1.54, 1.807) is 0 Å².